The first kappa shape index (κ1) is 21.1. The molecular formula is C24H25FN6O2. The van der Waals surface area contributed by atoms with Gasteiger partial charge in [-0.3, -0.25) is 15.0 Å². The van der Waals surface area contributed by atoms with E-state index in [0.717, 1.165) is 47.4 Å². The van der Waals surface area contributed by atoms with E-state index >= 15 is 0 Å². The maximum Gasteiger partial charge on any atom is 0.254 e. The van der Waals surface area contributed by atoms with E-state index in [-0.39, 0.29) is 23.9 Å². The summed E-state index contributed by atoms with van der Waals surface area (Å²) in [5.41, 5.74) is 2.72. The second-order valence-electron chi connectivity index (χ2n) is 8.29. The Balaban J connectivity index is 1.29. The van der Waals surface area contributed by atoms with Gasteiger partial charge in [-0.05, 0) is 60.8 Å². The fraction of sp³-hybridized carbons (Fsp3) is 0.292. The Morgan fingerprint density at radius 1 is 1.15 bits per heavy atom. The van der Waals surface area contributed by atoms with Crippen molar-refractivity contribution in [3.05, 3.63) is 77.5 Å². The van der Waals surface area contributed by atoms with Crippen molar-refractivity contribution in [2.24, 2.45) is 5.92 Å². The highest BCUT2D eigenvalue weighted by molar-refractivity contribution is 5.94. The average molecular weight is 449 g/mol. The molecule has 0 spiro atoms. The van der Waals surface area contributed by atoms with Crippen molar-refractivity contribution < 1.29 is 13.9 Å². The SMILES string of the molecule is O=C(NCc1ccn[nH]1)c1cc([C@H]2CCNC[C@@H]2COc2ccc3[nH]ncc3c2)ccc1F. The minimum atomic E-state index is -0.531. The lowest BCUT2D eigenvalue weighted by atomic mass is 9.81. The van der Waals surface area contributed by atoms with Gasteiger partial charge in [-0.1, -0.05) is 6.07 Å². The van der Waals surface area contributed by atoms with Crippen LogP contribution in [-0.2, 0) is 6.54 Å². The van der Waals surface area contributed by atoms with Crippen molar-refractivity contribution in [1.82, 2.24) is 31.0 Å². The summed E-state index contributed by atoms with van der Waals surface area (Å²) in [6.45, 7) is 2.42. The van der Waals surface area contributed by atoms with Crippen LogP contribution in [0.2, 0.25) is 0 Å². The third kappa shape index (κ3) is 4.73. The second kappa shape index (κ2) is 9.41. The van der Waals surface area contributed by atoms with Gasteiger partial charge in [-0.2, -0.15) is 10.2 Å². The number of halogens is 1. The van der Waals surface area contributed by atoms with Gasteiger partial charge in [0.05, 0.1) is 36.1 Å². The highest BCUT2D eigenvalue weighted by Gasteiger charge is 2.28. The summed E-state index contributed by atoms with van der Waals surface area (Å²) in [6.07, 6.45) is 4.26. The number of hydrogen-bond acceptors (Lipinski definition) is 5. The molecule has 8 nitrogen and oxygen atoms in total. The summed E-state index contributed by atoms with van der Waals surface area (Å²) in [7, 11) is 0. The molecule has 1 aliphatic rings. The number of H-pyrrole nitrogens is 2. The molecule has 2 aromatic heterocycles. The Kier molecular flexibility index (Phi) is 6.03. The van der Waals surface area contributed by atoms with E-state index in [1.54, 1.807) is 30.6 Å². The molecule has 4 N–H and O–H groups in total. The Hall–Kier alpha value is -3.72. The fourth-order valence-electron chi connectivity index (χ4n) is 4.35. The van der Waals surface area contributed by atoms with Gasteiger partial charge in [-0.15, -0.1) is 0 Å². The number of carbonyl (C=O) groups is 1. The molecule has 4 aromatic rings. The van der Waals surface area contributed by atoms with Crippen LogP contribution in [0.1, 0.15) is 34.0 Å². The third-order valence-corrected chi connectivity index (χ3v) is 6.14. The zero-order valence-electron chi connectivity index (χ0n) is 18.0. The number of ether oxygens (including phenoxy) is 1. The molecule has 2 aromatic carbocycles. The molecule has 5 rings (SSSR count). The quantitative estimate of drug-likeness (QED) is 0.348. The van der Waals surface area contributed by atoms with Crippen molar-refractivity contribution in [1.29, 1.82) is 0 Å². The first-order chi connectivity index (χ1) is 16.2. The minimum absolute atomic E-state index is 0.0515. The number of piperidine rings is 1. The van der Waals surface area contributed by atoms with Crippen LogP contribution in [-0.4, -0.2) is 46.0 Å². The summed E-state index contributed by atoms with van der Waals surface area (Å²) < 4.78 is 20.6. The summed E-state index contributed by atoms with van der Waals surface area (Å²) in [5, 5.41) is 20.8. The van der Waals surface area contributed by atoms with Gasteiger partial charge in [0, 0.05) is 24.0 Å². The zero-order chi connectivity index (χ0) is 22.6. The molecule has 9 heteroatoms. The molecule has 1 amide bonds. The number of amides is 1. The van der Waals surface area contributed by atoms with Gasteiger partial charge < -0.3 is 15.4 Å². The first-order valence-electron chi connectivity index (χ1n) is 11.0. The van der Waals surface area contributed by atoms with Gasteiger partial charge in [0.2, 0.25) is 0 Å². The van der Waals surface area contributed by atoms with Crippen LogP contribution >= 0.6 is 0 Å². The Morgan fingerprint density at radius 3 is 2.97 bits per heavy atom. The standard InChI is InChI=1S/C24H25FN6O2/c25-22-3-1-15(10-21(22)24(32)27-13-18-5-8-28-30-18)20-6-7-26-11-17(20)14-33-19-2-4-23-16(9-19)12-29-31-23/h1-5,8-10,12,17,20,26H,6-7,11,13-14H2,(H,27,32)(H,28,30)(H,29,31)/t17-,20-/m1/s1. The van der Waals surface area contributed by atoms with E-state index in [9.17, 15) is 9.18 Å². The van der Waals surface area contributed by atoms with Crippen LogP contribution in [0, 0.1) is 11.7 Å². The number of fused-ring (bicyclic) bond motifs is 1. The summed E-state index contributed by atoms with van der Waals surface area (Å²) in [6, 6.07) is 12.4. The topological polar surface area (TPSA) is 108 Å². The van der Waals surface area contributed by atoms with Crippen molar-refractivity contribution in [2.75, 3.05) is 19.7 Å². The smallest absolute Gasteiger partial charge is 0.254 e. The molecule has 0 unspecified atom stereocenters. The lowest BCUT2D eigenvalue weighted by Gasteiger charge is -2.32. The third-order valence-electron chi connectivity index (χ3n) is 6.14. The van der Waals surface area contributed by atoms with Crippen molar-refractivity contribution >= 4 is 16.8 Å². The van der Waals surface area contributed by atoms with E-state index in [1.165, 1.54) is 6.07 Å². The molecule has 0 bridgehead atoms. The first-order valence-corrected chi connectivity index (χ1v) is 11.0. The van der Waals surface area contributed by atoms with Crippen LogP contribution < -0.4 is 15.4 Å². The van der Waals surface area contributed by atoms with E-state index < -0.39 is 11.7 Å². The number of carbonyl (C=O) groups excluding carboxylic acids is 1. The van der Waals surface area contributed by atoms with Gasteiger partial charge in [0.15, 0.2) is 0 Å². The molecule has 33 heavy (non-hydrogen) atoms. The van der Waals surface area contributed by atoms with Crippen LogP contribution in [0.25, 0.3) is 10.9 Å². The lowest BCUT2D eigenvalue weighted by Crippen LogP contribution is -2.38. The van der Waals surface area contributed by atoms with Gasteiger partial charge in [-0.25, -0.2) is 4.39 Å². The average Bonchev–Trinajstić information content (AvgIpc) is 3.53. The van der Waals surface area contributed by atoms with Crippen LogP contribution in [0.4, 0.5) is 4.39 Å². The zero-order valence-corrected chi connectivity index (χ0v) is 18.0. The van der Waals surface area contributed by atoms with E-state index in [1.807, 2.05) is 18.2 Å². The largest absolute Gasteiger partial charge is 0.493 e. The maximum atomic E-state index is 14.5. The lowest BCUT2D eigenvalue weighted by molar-refractivity contribution is 0.0946. The van der Waals surface area contributed by atoms with Crippen LogP contribution in [0.15, 0.2) is 54.9 Å². The fourth-order valence-corrected chi connectivity index (χ4v) is 4.35. The van der Waals surface area contributed by atoms with Crippen LogP contribution in [0.5, 0.6) is 5.75 Å². The molecule has 1 fully saturated rings. The Labute approximate surface area is 189 Å². The number of nitrogens with one attached hydrogen (secondary N) is 4. The normalized spacial score (nSPS) is 18.3. The minimum Gasteiger partial charge on any atom is -0.493 e. The van der Waals surface area contributed by atoms with Gasteiger partial charge in [0.1, 0.15) is 11.6 Å². The molecule has 0 radical (unpaired) electrons. The number of rotatable bonds is 7. The maximum absolute atomic E-state index is 14.5. The predicted octanol–water partition coefficient (Wildman–Crippen LogP) is 3.13. The molecule has 3 heterocycles. The van der Waals surface area contributed by atoms with E-state index in [2.05, 4.69) is 31.0 Å². The molecule has 1 aliphatic heterocycles. The van der Waals surface area contributed by atoms with E-state index in [0.29, 0.717) is 6.61 Å². The summed E-state index contributed by atoms with van der Waals surface area (Å²) in [5.74, 6) is 0.148. The van der Waals surface area contributed by atoms with Crippen molar-refractivity contribution in [3.63, 3.8) is 0 Å². The number of aromatic nitrogens is 4. The number of hydrogen-bond donors (Lipinski definition) is 4. The molecule has 1 saturated heterocycles. The van der Waals surface area contributed by atoms with Gasteiger partial charge in [0.25, 0.3) is 5.91 Å². The number of aromatic amines is 2. The second-order valence-corrected chi connectivity index (χ2v) is 8.29. The Morgan fingerprint density at radius 2 is 2.09 bits per heavy atom. The van der Waals surface area contributed by atoms with Crippen molar-refractivity contribution in [3.8, 4) is 5.75 Å². The van der Waals surface area contributed by atoms with Gasteiger partial charge >= 0.3 is 0 Å². The highest BCUT2D eigenvalue weighted by atomic mass is 19.1. The van der Waals surface area contributed by atoms with Crippen LogP contribution in [0.3, 0.4) is 0 Å². The number of nitrogens with zero attached hydrogens (tertiary/aromatic N) is 2. The molecule has 2 atom stereocenters. The van der Waals surface area contributed by atoms with Crippen molar-refractivity contribution in [2.45, 2.75) is 18.9 Å². The monoisotopic (exact) mass is 448 g/mol. The molecule has 170 valence electrons. The molecular weight excluding hydrogens is 423 g/mol. The number of benzene rings is 2. The highest BCUT2D eigenvalue weighted by Crippen LogP contribution is 2.32. The molecule has 0 aliphatic carbocycles. The van der Waals surface area contributed by atoms with E-state index in [4.69, 9.17) is 4.74 Å². The predicted molar refractivity (Wildman–Crippen MR) is 121 cm³/mol. The summed E-state index contributed by atoms with van der Waals surface area (Å²) in [4.78, 5) is 12.6. The Bertz CT molecular complexity index is 1240. The summed E-state index contributed by atoms with van der Waals surface area (Å²) >= 11 is 0. The molecule has 0 saturated carbocycles.